The third kappa shape index (κ3) is 1.74. The van der Waals surface area contributed by atoms with E-state index in [0.717, 1.165) is 11.6 Å². The predicted octanol–water partition coefficient (Wildman–Crippen LogP) is 3.34. The second kappa shape index (κ2) is 3.60. The largest absolute Gasteiger partial charge is 0.382 e. The van der Waals surface area contributed by atoms with Gasteiger partial charge in [0.2, 0.25) is 0 Å². The molecule has 0 bridgehead atoms. The highest BCUT2D eigenvalue weighted by Crippen LogP contribution is 2.30. The van der Waals surface area contributed by atoms with Crippen LogP contribution < -0.4 is 5.32 Å². The lowest BCUT2D eigenvalue weighted by Gasteiger charge is -2.35. The Bertz CT molecular complexity index is 335. The van der Waals surface area contributed by atoms with Crippen LogP contribution >= 0.6 is 0 Å². The highest BCUT2D eigenvalue weighted by molar-refractivity contribution is 5.47. The minimum Gasteiger partial charge on any atom is -0.382 e. The Morgan fingerprint density at radius 1 is 1.36 bits per heavy atom. The summed E-state index contributed by atoms with van der Waals surface area (Å²) in [6, 6.07) is 5.80. The molecule has 1 fully saturated rings. The van der Waals surface area contributed by atoms with Gasteiger partial charge in [0.15, 0.2) is 0 Å². The molecule has 1 saturated carbocycles. The van der Waals surface area contributed by atoms with Crippen LogP contribution in [0.25, 0.3) is 0 Å². The van der Waals surface area contributed by atoms with Gasteiger partial charge in [0.05, 0.1) is 0 Å². The lowest BCUT2D eigenvalue weighted by atomic mass is 9.81. The molecule has 2 atom stereocenters. The van der Waals surface area contributed by atoms with Crippen LogP contribution in [0.1, 0.15) is 25.3 Å². The summed E-state index contributed by atoms with van der Waals surface area (Å²) in [5.41, 5.74) is 1.75. The van der Waals surface area contributed by atoms with Gasteiger partial charge in [0.25, 0.3) is 0 Å². The number of hydrogen-bond donors (Lipinski definition) is 1. The van der Waals surface area contributed by atoms with E-state index >= 15 is 0 Å². The van der Waals surface area contributed by atoms with Crippen molar-refractivity contribution in [3.05, 3.63) is 29.6 Å². The maximum Gasteiger partial charge on any atom is 0.126 e. The first kappa shape index (κ1) is 9.50. The zero-order valence-electron chi connectivity index (χ0n) is 8.68. The third-order valence-corrected chi connectivity index (χ3v) is 3.13. The highest BCUT2D eigenvalue weighted by atomic mass is 19.1. The fourth-order valence-corrected chi connectivity index (χ4v) is 1.83. The number of halogens is 1. The number of rotatable bonds is 2. The number of aryl methyl sites for hydroxylation is 1. The van der Waals surface area contributed by atoms with Gasteiger partial charge in [-0.1, -0.05) is 6.92 Å². The second-order valence-electron chi connectivity index (χ2n) is 4.27. The lowest BCUT2D eigenvalue weighted by Crippen LogP contribution is -2.36. The Labute approximate surface area is 84.3 Å². The lowest BCUT2D eigenvalue weighted by molar-refractivity contribution is 0.303. The summed E-state index contributed by atoms with van der Waals surface area (Å²) >= 11 is 0. The smallest absolute Gasteiger partial charge is 0.126 e. The second-order valence-corrected chi connectivity index (χ2v) is 4.27. The van der Waals surface area contributed by atoms with E-state index in [0.29, 0.717) is 11.6 Å². The summed E-state index contributed by atoms with van der Waals surface area (Å²) in [5, 5.41) is 3.43. The van der Waals surface area contributed by atoms with Crippen molar-refractivity contribution in [1.82, 2.24) is 0 Å². The van der Waals surface area contributed by atoms with Crippen LogP contribution in [-0.2, 0) is 0 Å². The molecule has 0 heterocycles. The topological polar surface area (TPSA) is 12.0 Å². The molecule has 0 amide bonds. The SMILES string of the molecule is Cc1cc(NC2CCC2C)ccc1F. The third-order valence-electron chi connectivity index (χ3n) is 3.13. The molecule has 0 saturated heterocycles. The minimum atomic E-state index is -0.128. The van der Waals surface area contributed by atoms with Gasteiger partial charge in [-0.2, -0.15) is 0 Å². The molecule has 0 aromatic heterocycles. The fraction of sp³-hybridized carbons (Fsp3) is 0.500. The standard InChI is InChI=1S/C12H16FN/c1-8-3-6-12(8)14-10-4-5-11(13)9(2)7-10/h4-5,7-8,12,14H,3,6H2,1-2H3. The van der Waals surface area contributed by atoms with Crippen molar-refractivity contribution >= 4 is 5.69 Å². The molecule has 1 aliphatic carbocycles. The molecule has 2 rings (SSSR count). The molecule has 0 radical (unpaired) electrons. The molecule has 14 heavy (non-hydrogen) atoms. The molecule has 1 aromatic rings. The molecule has 2 unspecified atom stereocenters. The Morgan fingerprint density at radius 3 is 2.64 bits per heavy atom. The molecular weight excluding hydrogens is 177 g/mol. The van der Waals surface area contributed by atoms with Gasteiger partial charge in [-0.3, -0.25) is 0 Å². The van der Waals surface area contributed by atoms with Crippen molar-refractivity contribution in [1.29, 1.82) is 0 Å². The van der Waals surface area contributed by atoms with E-state index in [1.165, 1.54) is 18.9 Å². The van der Waals surface area contributed by atoms with Crippen LogP contribution in [0, 0.1) is 18.7 Å². The number of anilines is 1. The van der Waals surface area contributed by atoms with Gasteiger partial charge in [-0.25, -0.2) is 4.39 Å². The van der Waals surface area contributed by atoms with E-state index < -0.39 is 0 Å². The quantitative estimate of drug-likeness (QED) is 0.759. The van der Waals surface area contributed by atoms with Crippen molar-refractivity contribution in [2.75, 3.05) is 5.32 Å². The normalized spacial score (nSPS) is 25.6. The minimum absolute atomic E-state index is 0.128. The van der Waals surface area contributed by atoms with E-state index in [4.69, 9.17) is 0 Å². The van der Waals surface area contributed by atoms with Gasteiger partial charge in [0, 0.05) is 11.7 Å². The van der Waals surface area contributed by atoms with Crippen LogP contribution in [-0.4, -0.2) is 6.04 Å². The van der Waals surface area contributed by atoms with E-state index in [-0.39, 0.29) is 5.82 Å². The summed E-state index contributed by atoms with van der Waals surface area (Å²) in [4.78, 5) is 0. The average molecular weight is 193 g/mol. The molecule has 1 aliphatic rings. The number of nitrogens with one attached hydrogen (secondary N) is 1. The molecule has 0 spiro atoms. The summed E-state index contributed by atoms with van der Waals surface area (Å²) in [5.74, 6) is 0.623. The number of hydrogen-bond acceptors (Lipinski definition) is 1. The first-order valence-electron chi connectivity index (χ1n) is 5.19. The Hall–Kier alpha value is -1.05. The maximum atomic E-state index is 13.0. The Morgan fingerprint density at radius 2 is 2.14 bits per heavy atom. The van der Waals surface area contributed by atoms with Crippen molar-refractivity contribution in [2.45, 2.75) is 32.7 Å². The summed E-state index contributed by atoms with van der Waals surface area (Å²) in [6.07, 6.45) is 2.54. The van der Waals surface area contributed by atoms with Crippen molar-refractivity contribution in [3.8, 4) is 0 Å². The monoisotopic (exact) mass is 193 g/mol. The zero-order chi connectivity index (χ0) is 10.1. The van der Waals surface area contributed by atoms with E-state index in [1.807, 2.05) is 12.1 Å². The predicted molar refractivity (Wildman–Crippen MR) is 56.9 cm³/mol. The summed E-state index contributed by atoms with van der Waals surface area (Å²) < 4.78 is 13.0. The Kier molecular flexibility index (Phi) is 2.44. The molecular formula is C12H16FN. The first-order valence-corrected chi connectivity index (χ1v) is 5.19. The molecule has 1 aromatic carbocycles. The summed E-state index contributed by atoms with van der Waals surface area (Å²) in [7, 11) is 0. The van der Waals surface area contributed by atoms with Crippen LogP contribution in [0.4, 0.5) is 10.1 Å². The summed E-state index contributed by atoms with van der Waals surface area (Å²) in [6.45, 7) is 4.04. The fourth-order valence-electron chi connectivity index (χ4n) is 1.83. The maximum absolute atomic E-state index is 13.0. The van der Waals surface area contributed by atoms with Crippen molar-refractivity contribution in [2.24, 2.45) is 5.92 Å². The molecule has 0 aliphatic heterocycles. The van der Waals surface area contributed by atoms with Crippen molar-refractivity contribution < 1.29 is 4.39 Å². The van der Waals surface area contributed by atoms with Gasteiger partial charge in [-0.15, -0.1) is 0 Å². The van der Waals surface area contributed by atoms with Gasteiger partial charge in [-0.05, 0) is 49.4 Å². The van der Waals surface area contributed by atoms with E-state index in [1.54, 1.807) is 6.92 Å². The van der Waals surface area contributed by atoms with Gasteiger partial charge >= 0.3 is 0 Å². The average Bonchev–Trinajstić information content (AvgIpc) is 2.17. The molecule has 1 nitrogen and oxygen atoms in total. The van der Waals surface area contributed by atoms with Crippen LogP contribution in [0.15, 0.2) is 18.2 Å². The molecule has 2 heteroatoms. The van der Waals surface area contributed by atoms with Crippen LogP contribution in [0.5, 0.6) is 0 Å². The van der Waals surface area contributed by atoms with E-state index in [9.17, 15) is 4.39 Å². The zero-order valence-corrected chi connectivity index (χ0v) is 8.68. The highest BCUT2D eigenvalue weighted by Gasteiger charge is 2.26. The van der Waals surface area contributed by atoms with Crippen molar-refractivity contribution in [3.63, 3.8) is 0 Å². The van der Waals surface area contributed by atoms with Gasteiger partial charge < -0.3 is 5.32 Å². The van der Waals surface area contributed by atoms with Gasteiger partial charge in [0.1, 0.15) is 5.82 Å². The van der Waals surface area contributed by atoms with E-state index in [2.05, 4.69) is 12.2 Å². The number of benzene rings is 1. The molecule has 76 valence electrons. The van der Waals surface area contributed by atoms with Crippen LogP contribution in [0.3, 0.4) is 0 Å². The first-order chi connectivity index (χ1) is 6.66. The Balaban J connectivity index is 2.06. The van der Waals surface area contributed by atoms with Crippen LogP contribution in [0.2, 0.25) is 0 Å². The molecule has 1 N–H and O–H groups in total.